The summed E-state index contributed by atoms with van der Waals surface area (Å²) in [6.45, 7) is 6.27. The number of nitrogens with zero attached hydrogens (tertiary/aromatic N) is 3. The van der Waals surface area contributed by atoms with Gasteiger partial charge in [-0.1, -0.05) is 0 Å². The fraction of sp³-hybridized carbons (Fsp3) is 0.600. The third-order valence-electron chi connectivity index (χ3n) is 5.06. The molecule has 3 unspecified atom stereocenters. The van der Waals surface area contributed by atoms with Crippen LogP contribution in [0.5, 0.6) is 0 Å². The average Bonchev–Trinajstić information content (AvgIpc) is 3.07. The van der Waals surface area contributed by atoms with E-state index < -0.39 is 0 Å². The first-order valence-corrected chi connectivity index (χ1v) is 8.10. The van der Waals surface area contributed by atoms with Crippen LogP contribution in [0.15, 0.2) is 6.33 Å². The van der Waals surface area contributed by atoms with Crippen LogP contribution < -0.4 is 4.90 Å². The summed E-state index contributed by atoms with van der Waals surface area (Å²) in [4.78, 5) is 13.7. The first-order valence-electron chi connectivity index (χ1n) is 7.29. The number of hydrogen-bond donors (Lipinski definition) is 1. The topological polar surface area (TPSA) is 49.2 Å². The van der Waals surface area contributed by atoms with Crippen LogP contribution in [0, 0.1) is 25.7 Å². The van der Waals surface area contributed by atoms with Gasteiger partial charge in [-0.2, -0.15) is 0 Å². The van der Waals surface area contributed by atoms with Crippen LogP contribution in [0.2, 0.25) is 0 Å². The zero-order valence-electron chi connectivity index (χ0n) is 11.8. The Morgan fingerprint density at radius 1 is 1.25 bits per heavy atom. The average molecular weight is 289 g/mol. The van der Waals surface area contributed by atoms with Gasteiger partial charge in [-0.3, -0.25) is 0 Å². The number of anilines is 1. The largest absolute Gasteiger partial charge is 0.393 e. The monoisotopic (exact) mass is 289 g/mol. The Kier molecular flexibility index (Phi) is 2.76. The van der Waals surface area contributed by atoms with E-state index in [2.05, 4.69) is 28.7 Å². The van der Waals surface area contributed by atoms with Crippen molar-refractivity contribution in [2.75, 3.05) is 18.0 Å². The van der Waals surface area contributed by atoms with Crippen molar-refractivity contribution in [2.45, 2.75) is 32.8 Å². The quantitative estimate of drug-likeness (QED) is 0.876. The summed E-state index contributed by atoms with van der Waals surface area (Å²) in [5, 5.41) is 11.3. The van der Waals surface area contributed by atoms with Crippen molar-refractivity contribution < 1.29 is 5.11 Å². The van der Waals surface area contributed by atoms with Gasteiger partial charge in [0, 0.05) is 23.9 Å². The van der Waals surface area contributed by atoms with Crippen molar-refractivity contribution in [3.8, 4) is 0 Å². The van der Waals surface area contributed by atoms with Crippen LogP contribution in [0.4, 0.5) is 5.82 Å². The van der Waals surface area contributed by atoms with Gasteiger partial charge in [-0.15, -0.1) is 11.3 Å². The molecule has 1 N–H and O–H groups in total. The molecule has 2 aromatic heterocycles. The second-order valence-electron chi connectivity index (χ2n) is 6.13. The highest BCUT2D eigenvalue weighted by molar-refractivity contribution is 7.18. The van der Waals surface area contributed by atoms with E-state index in [1.54, 1.807) is 17.7 Å². The SMILES string of the molecule is Cc1sc2ncnc(N3CC4CCC(O)C4C3)c2c1C. The van der Waals surface area contributed by atoms with Crippen molar-refractivity contribution >= 4 is 27.4 Å². The number of hydrogen-bond acceptors (Lipinski definition) is 5. The van der Waals surface area contributed by atoms with Gasteiger partial charge in [-0.25, -0.2) is 9.97 Å². The molecule has 4 nitrogen and oxygen atoms in total. The maximum Gasteiger partial charge on any atom is 0.141 e. The van der Waals surface area contributed by atoms with Crippen molar-refractivity contribution in [1.29, 1.82) is 0 Å². The second kappa shape index (κ2) is 4.40. The van der Waals surface area contributed by atoms with Crippen molar-refractivity contribution in [2.24, 2.45) is 11.8 Å². The summed E-state index contributed by atoms with van der Waals surface area (Å²) >= 11 is 1.75. The van der Waals surface area contributed by atoms with Crippen LogP contribution in [-0.2, 0) is 0 Å². The Hall–Kier alpha value is -1.20. The van der Waals surface area contributed by atoms with Crippen LogP contribution in [0.1, 0.15) is 23.3 Å². The number of aryl methyl sites for hydroxylation is 2. The highest BCUT2D eigenvalue weighted by Crippen LogP contribution is 2.42. The molecule has 20 heavy (non-hydrogen) atoms. The minimum absolute atomic E-state index is 0.118. The molecule has 0 bridgehead atoms. The smallest absolute Gasteiger partial charge is 0.141 e. The van der Waals surface area contributed by atoms with E-state index in [1.165, 1.54) is 15.8 Å². The van der Waals surface area contributed by atoms with Gasteiger partial charge in [0.2, 0.25) is 0 Å². The van der Waals surface area contributed by atoms with Crippen molar-refractivity contribution in [3.05, 3.63) is 16.8 Å². The van der Waals surface area contributed by atoms with E-state index in [0.717, 1.165) is 36.6 Å². The number of fused-ring (bicyclic) bond motifs is 2. The Bertz CT molecular complexity index is 668. The van der Waals surface area contributed by atoms with Gasteiger partial charge in [0.1, 0.15) is 17.0 Å². The Morgan fingerprint density at radius 2 is 2.10 bits per heavy atom. The van der Waals surface area contributed by atoms with E-state index in [9.17, 15) is 5.11 Å². The molecule has 2 fully saturated rings. The summed E-state index contributed by atoms with van der Waals surface area (Å²) in [6, 6.07) is 0. The normalized spacial score (nSPS) is 29.4. The molecule has 0 spiro atoms. The third-order valence-corrected chi connectivity index (χ3v) is 6.18. The molecule has 1 saturated heterocycles. The fourth-order valence-corrected chi connectivity index (χ4v) is 4.80. The van der Waals surface area contributed by atoms with Gasteiger partial charge in [0.15, 0.2) is 0 Å². The molecular weight excluding hydrogens is 270 g/mol. The minimum Gasteiger partial charge on any atom is -0.393 e. The Labute approximate surface area is 122 Å². The molecule has 3 atom stereocenters. The van der Waals surface area contributed by atoms with Crippen LogP contribution in [-0.4, -0.2) is 34.3 Å². The second-order valence-corrected chi connectivity index (χ2v) is 7.34. The van der Waals surface area contributed by atoms with E-state index >= 15 is 0 Å². The Balaban J connectivity index is 1.76. The van der Waals surface area contributed by atoms with Crippen LogP contribution in [0.25, 0.3) is 10.2 Å². The molecule has 1 aliphatic heterocycles. The zero-order valence-corrected chi connectivity index (χ0v) is 12.7. The van der Waals surface area contributed by atoms with E-state index in [-0.39, 0.29) is 6.10 Å². The molecule has 2 aromatic rings. The lowest BCUT2D eigenvalue weighted by Gasteiger charge is -2.20. The molecule has 5 heteroatoms. The molecular formula is C15H19N3OS. The van der Waals surface area contributed by atoms with Crippen LogP contribution in [0.3, 0.4) is 0 Å². The van der Waals surface area contributed by atoms with Crippen molar-refractivity contribution in [1.82, 2.24) is 9.97 Å². The zero-order chi connectivity index (χ0) is 13.9. The summed E-state index contributed by atoms with van der Waals surface area (Å²) in [5.74, 6) is 2.13. The van der Waals surface area contributed by atoms with Crippen molar-refractivity contribution in [3.63, 3.8) is 0 Å². The first kappa shape index (κ1) is 12.5. The first-order chi connectivity index (χ1) is 9.65. The predicted octanol–water partition coefficient (Wildman–Crippen LogP) is 2.52. The molecule has 106 valence electrons. The summed E-state index contributed by atoms with van der Waals surface area (Å²) < 4.78 is 0. The van der Waals surface area contributed by atoms with Gasteiger partial charge in [0.25, 0.3) is 0 Å². The lowest BCUT2D eigenvalue weighted by Crippen LogP contribution is -2.25. The highest BCUT2D eigenvalue weighted by Gasteiger charge is 2.42. The van der Waals surface area contributed by atoms with Gasteiger partial charge < -0.3 is 10.0 Å². The standard InChI is InChI=1S/C15H19N3OS/c1-8-9(2)20-15-13(8)14(16-7-17-15)18-5-10-3-4-12(19)11(10)6-18/h7,10-12,19H,3-6H2,1-2H3. The maximum absolute atomic E-state index is 10.1. The molecule has 1 saturated carbocycles. The molecule has 1 aliphatic carbocycles. The number of rotatable bonds is 1. The number of aliphatic hydroxyl groups excluding tert-OH is 1. The highest BCUT2D eigenvalue weighted by atomic mass is 32.1. The van der Waals surface area contributed by atoms with Gasteiger partial charge in [0.05, 0.1) is 11.5 Å². The lowest BCUT2D eigenvalue weighted by molar-refractivity contribution is 0.133. The maximum atomic E-state index is 10.1. The third kappa shape index (κ3) is 1.69. The summed E-state index contributed by atoms with van der Waals surface area (Å²) in [7, 11) is 0. The summed E-state index contributed by atoms with van der Waals surface area (Å²) in [5.41, 5.74) is 1.30. The Morgan fingerprint density at radius 3 is 2.90 bits per heavy atom. The van der Waals surface area contributed by atoms with E-state index in [0.29, 0.717) is 11.8 Å². The molecule has 0 radical (unpaired) electrons. The lowest BCUT2D eigenvalue weighted by atomic mass is 10.00. The number of thiophene rings is 1. The molecule has 3 heterocycles. The molecule has 0 amide bonds. The predicted molar refractivity (Wildman–Crippen MR) is 81.3 cm³/mol. The fourth-order valence-electron chi connectivity index (χ4n) is 3.81. The minimum atomic E-state index is -0.118. The van der Waals surface area contributed by atoms with Gasteiger partial charge in [-0.05, 0) is 38.2 Å². The van der Waals surface area contributed by atoms with Gasteiger partial charge >= 0.3 is 0 Å². The van der Waals surface area contributed by atoms with Crippen LogP contribution >= 0.6 is 11.3 Å². The summed E-state index contributed by atoms with van der Waals surface area (Å²) in [6.07, 6.45) is 3.68. The number of aliphatic hydroxyl groups is 1. The van der Waals surface area contributed by atoms with E-state index in [1.807, 2.05) is 0 Å². The molecule has 0 aromatic carbocycles. The molecule has 4 rings (SSSR count). The number of aromatic nitrogens is 2. The van der Waals surface area contributed by atoms with E-state index in [4.69, 9.17) is 0 Å². The molecule has 2 aliphatic rings.